The van der Waals surface area contributed by atoms with Gasteiger partial charge in [0.15, 0.2) is 0 Å². The van der Waals surface area contributed by atoms with Crippen LogP contribution in [0.4, 0.5) is 13.2 Å². The van der Waals surface area contributed by atoms with Gasteiger partial charge in [0, 0.05) is 25.3 Å². The van der Waals surface area contributed by atoms with Gasteiger partial charge in [-0.3, -0.25) is 4.90 Å². The van der Waals surface area contributed by atoms with Gasteiger partial charge in [0.05, 0.1) is 12.6 Å². The Morgan fingerprint density at radius 1 is 1.29 bits per heavy atom. The zero-order valence-corrected chi connectivity index (χ0v) is 12.4. The molecule has 0 heterocycles. The Labute approximate surface area is 122 Å². The molecule has 4 nitrogen and oxygen atoms in total. The number of ether oxygens (including phenoxy) is 2. The van der Waals surface area contributed by atoms with E-state index in [1.165, 1.54) is 12.1 Å². The second kappa shape index (κ2) is 7.63. The highest BCUT2D eigenvalue weighted by Crippen LogP contribution is 2.32. The lowest BCUT2D eigenvalue weighted by Crippen LogP contribution is -2.39. The maximum Gasteiger partial charge on any atom is 0.573 e. The minimum atomic E-state index is -4.73. The number of methoxy groups -OCH3 is 1. The molecule has 0 bridgehead atoms. The molecule has 0 aromatic heterocycles. The number of likely N-dealkylation sites (N-methyl/N-ethyl adjacent to an activating group) is 1. The van der Waals surface area contributed by atoms with Gasteiger partial charge in [0.25, 0.3) is 0 Å². The van der Waals surface area contributed by atoms with Crippen LogP contribution in [-0.4, -0.2) is 44.6 Å². The predicted molar refractivity (Wildman–Crippen MR) is 74.0 cm³/mol. The van der Waals surface area contributed by atoms with E-state index in [1.54, 1.807) is 26.3 Å². The number of hydrogen-bond acceptors (Lipinski definition) is 4. The first-order valence-electron chi connectivity index (χ1n) is 6.55. The van der Waals surface area contributed by atoms with Crippen LogP contribution in [0.3, 0.4) is 0 Å². The van der Waals surface area contributed by atoms with Gasteiger partial charge in [-0.2, -0.15) is 0 Å². The lowest BCUT2D eigenvalue weighted by molar-refractivity contribution is -0.275. The van der Waals surface area contributed by atoms with Crippen molar-refractivity contribution < 1.29 is 22.6 Å². The Balaban J connectivity index is 3.05. The maximum absolute atomic E-state index is 12.5. The molecule has 2 unspecified atom stereocenters. The molecule has 2 N–H and O–H groups in total. The van der Waals surface area contributed by atoms with Crippen molar-refractivity contribution in [2.75, 3.05) is 27.3 Å². The smallest absolute Gasteiger partial charge is 0.405 e. The van der Waals surface area contributed by atoms with Crippen LogP contribution >= 0.6 is 0 Å². The number of benzene rings is 1. The van der Waals surface area contributed by atoms with Gasteiger partial charge in [-0.25, -0.2) is 0 Å². The number of halogens is 3. The van der Waals surface area contributed by atoms with Crippen molar-refractivity contribution >= 4 is 0 Å². The van der Waals surface area contributed by atoms with Crippen LogP contribution in [0, 0.1) is 0 Å². The molecule has 0 saturated carbocycles. The minimum Gasteiger partial charge on any atom is -0.405 e. The molecular weight excluding hydrogens is 285 g/mol. The monoisotopic (exact) mass is 306 g/mol. The Morgan fingerprint density at radius 2 is 1.90 bits per heavy atom. The normalized spacial score (nSPS) is 15.0. The molecule has 21 heavy (non-hydrogen) atoms. The Kier molecular flexibility index (Phi) is 6.44. The van der Waals surface area contributed by atoms with Crippen LogP contribution in [-0.2, 0) is 4.74 Å². The summed E-state index contributed by atoms with van der Waals surface area (Å²) >= 11 is 0. The Bertz CT molecular complexity index is 440. The van der Waals surface area contributed by atoms with Crippen LogP contribution < -0.4 is 10.5 Å². The fraction of sp³-hybridized carbons (Fsp3) is 0.571. The summed E-state index contributed by atoms with van der Waals surface area (Å²) in [7, 11) is 3.37. The van der Waals surface area contributed by atoms with Crippen molar-refractivity contribution in [3.05, 3.63) is 29.8 Å². The second-order valence-corrected chi connectivity index (χ2v) is 4.81. The average Bonchev–Trinajstić information content (AvgIpc) is 2.40. The average molecular weight is 306 g/mol. The summed E-state index contributed by atoms with van der Waals surface area (Å²) in [5, 5.41) is 0. The lowest BCUT2D eigenvalue weighted by Gasteiger charge is -2.33. The van der Waals surface area contributed by atoms with Gasteiger partial charge in [-0.1, -0.05) is 18.2 Å². The van der Waals surface area contributed by atoms with E-state index in [4.69, 9.17) is 10.5 Å². The highest BCUT2D eigenvalue weighted by atomic mass is 19.4. The fourth-order valence-electron chi connectivity index (χ4n) is 2.15. The van der Waals surface area contributed by atoms with Gasteiger partial charge in [0.1, 0.15) is 5.75 Å². The van der Waals surface area contributed by atoms with E-state index < -0.39 is 12.4 Å². The molecule has 2 atom stereocenters. The van der Waals surface area contributed by atoms with Crippen molar-refractivity contribution in [2.45, 2.75) is 25.4 Å². The molecule has 0 amide bonds. The number of rotatable bonds is 7. The molecule has 0 spiro atoms. The number of hydrogen-bond donors (Lipinski definition) is 1. The van der Waals surface area contributed by atoms with Crippen LogP contribution in [0.15, 0.2) is 24.3 Å². The maximum atomic E-state index is 12.5. The quantitative estimate of drug-likeness (QED) is 0.841. The van der Waals surface area contributed by atoms with E-state index in [-0.39, 0.29) is 18.3 Å². The third-order valence-electron chi connectivity index (χ3n) is 3.32. The van der Waals surface area contributed by atoms with Crippen molar-refractivity contribution in [3.63, 3.8) is 0 Å². The number of nitrogens with zero attached hydrogens (tertiary/aromatic N) is 1. The SMILES string of the molecule is COCC(C)N(C)C(CN)c1ccccc1OC(F)(F)F. The second-order valence-electron chi connectivity index (χ2n) is 4.81. The van der Waals surface area contributed by atoms with Crippen molar-refractivity contribution in [3.8, 4) is 5.75 Å². The number of para-hydroxylation sites is 1. The van der Waals surface area contributed by atoms with Crippen molar-refractivity contribution in [2.24, 2.45) is 5.73 Å². The van der Waals surface area contributed by atoms with Gasteiger partial charge >= 0.3 is 6.36 Å². The fourth-order valence-corrected chi connectivity index (χ4v) is 2.15. The molecule has 0 saturated heterocycles. The van der Waals surface area contributed by atoms with E-state index in [0.29, 0.717) is 12.2 Å². The standard InChI is InChI=1S/C14H21F3N2O2/c1-10(9-20-3)19(2)12(8-18)11-6-4-5-7-13(11)21-14(15,16)17/h4-7,10,12H,8-9,18H2,1-3H3. The summed E-state index contributed by atoms with van der Waals surface area (Å²) < 4.78 is 46.6. The van der Waals surface area contributed by atoms with Gasteiger partial charge in [-0.15, -0.1) is 13.2 Å². The topological polar surface area (TPSA) is 47.7 Å². The van der Waals surface area contributed by atoms with E-state index in [9.17, 15) is 13.2 Å². The Hall–Kier alpha value is -1.31. The molecule has 120 valence electrons. The van der Waals surface area contributed by atoms with E-state index in [2.05, 4.69) is 4.74 Å². The largest absolute Gasteiger partial charge is 0.573 e. The highest BCUT2D eigenvalue weighted by Gasteiger charge is 2.33. The molecule has 0 aliphatic heterocycles. The summed E-state index contributed by atoms with van der Waals surface area (Å²) in [6, 6.07) is 5.65. The van der Waals surface area contributed by atoms with Gasteiger partial charge in [0.2, 0.25) is 0 Å². The summed E-state index contributed by atoms with van der Waals surface area (Å²) in [5.74, 6) is -0.225. The van der Waals surface area contributed by atoms with Crippen LogP contribution in [0.1, 0.15) is 18.5 Å². The Morgan fingerprint density at radius 3 is 2.43 bits per heavy atom. The van der Waals surface area contributed by atoms with Crippen molar-refractivity contribution in [1.82, 2.24) is 4.90 Å². The van der Waals surface area contributed by atoms with Crippen molar-refractivity contribution in [1.29, 1.82) is 0 Å². The van der Waals surface area contributed by atoms with Gasteiger partial charge < -0.3 is 15.2 Å². The third kappa shape index (κ3) is 5.18. The predicted octanol–water partition coefficient (Wildman–Crippen LogP) is 2.55. The van der Waals surface area contributed by atoms with Crippen LogP contribution in [0.5, 0.6) is 5.75 Å². The molecule has 1 aromatic rings. The first-order chi connectivity index (χ1) is 9.80. The molecule has 0 aliphatic carbocycles. The third-order valence-corrected chi connectivity index (χ3v) is 3.32. The van der Waals surface area contributed by atoms with Crippen LogP contribution in [0.25, 0.3) is 0 Å². The molecule has 1 rings (SSSR count). The first-order valence-corrected chi connectivity index (χ1v) is 6.55. The van der Waals surface area contributed by atoms with E-state index in [0.717, 1.165) is 0 Å². The van der Waals surface area contributed by atoms with Gasteiger partial charge in [-0.05, 0) is 20.0 Å². The summed E-state index contributed by atoms with van der Waals surface area (Å²) in [5.41, 5.74) is 6.16. The van der Waals surface area contributed by atoms with E-state index in [1.807, 2.05) is 11.8 Å². The molecule has 1 aromatic carbocycles. The summed E-state index contributed by atoms with van der Waals surface area (Å²) in [4.78, 5) is 1.88. The zero-order valence-electron chi connectivity index (χ0n) is 12.4. The summed E-state index contributed by atoms with van der Waals surface area (Å²) in [6.07, 6.45) is -4.73. The van der Waals surface area contributed by atoms with Crippen LogP contribution in [0.2, 0.25) is 0 Å². The first kappa shape index (κ1) is 17.7. The molecule has 7 heteroatoms. The molecule has 0 radical (unpaired) electrons. The summed E-state index contributed by atoms with van der Waals surface area (Å²) in [6.45, 7) is 2.54. The molecule has 0 fully saturated rings. The van der Waals surface area contributed by atoms with E-state index >= 15 is 0 Å². The molecule has 0 aliphatic rings. The lowest BCUT2D eigenvalue weighted by atomic mass is 10.0. The zero-order chi connectivity index (χ0) is 16.0. The molecular formula is C14H21F3N2O2. The highest BCUT2D eigenvalue weighted by molar-refractivity contribution is 5.36. The number of alkyl halides is 3. The number of nitrogens with two attached hydrogens (primary N) is 1. The minimum absolute atomic E-state index is 0.00231.